The van der Waals surface area contributed by atoms with E-state index >= 15 is 0 Å². The third-order valence-electron chi connectivity index (χ3n) is 3.72. The predicted octanol–water partition coefficient (Wildman–Crippen LogP) is 1.78. The van der Waals surface area contributed by atoms with E-state index in [0.717, 1.165) is 17.0 Å². The summed E-state index contributed by atoms with van der Waals surface area (Å²) in [6.07, 6.45) is 3.09. The Balaban J connectivity index is 1.73. The summed E-state index contributed by atoms with van der Waals surface area (Å²) in [4.78, 5) is 27.5. The van der Waals surface area contributed by atoms with E-state index in [1.54, 1.807) is 10.9 Å². The molecule has 0 atom stereocenters. The Labute approximate surface area is 146 Å². The van der Waals surface area contributed by atoms with Crippen LogP contribution in [0.1, 0.15) is 22.6 Å². The van der Waals surface area contributed by atoms with Gasteiger partial charge in [-0.15, -0.1) is 11.3 Å². The van der Waals surface area contributed by atoms with E-state index < -0.39 is 5.97 Å². The summed E-state index contributed by atoms with van der Waals surface area (Å²) in [7, 11) is 1.85. The Morgan fingerprint density at radius 2 is 2.16 bits per heavy atom. The molecular formula is C15H16N6O3S. The van der Waals surface area contributed by atoms with Gasteiger partial charge < -0.3 is 5.11 Å². The molecule has 0 aliphatic carbocycles. The molecule has 9 nitrogen and oxygen atoms in total. The highest BCUT2D eigenvalue weighted by molar-refractivity contribution is 7.14. The van der Waals surface area contributed by atoms with Gasteiger partial charge >= 0.3 is 5.97 Å². The van der Waals surface area contributed by atoms with Crippen molar-refractivity contribution in [3.8, 4) is 11.3 Å². The molecule has 0 spiro atoms. The van der Waals surface area contributed by atoms with Gasteiger partial charge in [0.25, 0.3) is 5.91 Å². The van der Waals surface area contributed by atoms with Crippen molar-refractivity contribution in [2.24, 2.45) is 7.05 Å². The molecule has 0 saturated heterocycles. The summed E-state index contributed by atoms with van der Waals surface area (Å²) >= 11 is 1.31. The highest BCUT2D eigenvalue weighted by Crippen LogP contribution is 2.27. The topological polar surface area (TPSA) is 115 Å². The fourth-order valence-electron chi connectivity index (χ4n) is 2.27. The summed E-state index contributed by atoms with van der Waals surface area (Å²) < 4.78 is 3.12. The molecule has 3 rings (SSSR count). The van der Waals surface area contributed by atoms with Gasteiger partial charge in [-0.05, 0) is 13.0 Å². The van der Waals surface area contributed by atoms with Gasteiger partial charge in [0, 0.05) is 29.9 Å². The molecule has 10 heteroatoms. The number of hydrogen-bond donors (Lipinski definition) is 2. The zero-order valence-electron chi connectivity index (χ0n) is 13.6. The van der Waals surface area contributed by atoms with Gasteiger partial charge in [-0.2, -0.15) is 10.2 Å². The second kappa shape index (κ2) is 6.85. The van der Waals surface area contributed by atoms with E-state index in [1.165, 1.54) is 28.3 Å². The van der Waals surface area contributed by atoms with E-state index in [0.29, 0.717) is 5.13 Å². The van der Waals surface area contributed by atoms with Crippen molar-refractivity contribution in [3.63, 3.8) is 0 Å². The lowest BCUT2D eigenvalue weighted by molar-refractivity contribution is -0.137. The number of carboxylic acid groups (broad SMARTS) is 1. The molecule has 3 aromatic rings. The van der Waals surface area contributed by atoms with Crippen molar-refractivity contribution >= 4 is 28.3 Å². The molecule has 0 bridgehead atoms. The minimum atomic E-state index is -0.946. The first-order valence-corrected chi connectivity index (χ1v) is 8.33. The van der Waals surface area contributed by atoms with Crippen LogP contribution in [0.4, 0.5) is 5.13 Å². The molecule has 0 aliphatic heterocycles. The number of nitrogens with zero attached hydrogens (tertiary/aromatic N) is 5. The number of anilines is 1. The molecule has 0 radical (unpaired) electrons. The molecule has 0 unspecified atom stereocenters. The standard InChI is InChI=1S/C15H16N6O3S/c1-9-10(7-17-20(9)2)11-8-25-15(18-11)19-14(24)12-3-5-16-21(12)6-4-13(22)23/h3,5,7-8H,4,6H2,1-2H3,(H,22,23)(H,18,19,24). The van der Waals surface area contributed by atoms with Crippen LogP contribution in [0.5, 0.6) is 0 Å². The first-order chi connectivity index (χ1) is 12.0. The molecule has 0 aliphatic rings. The second-order valence-corrected chi connectivity index (χ2v) is 6.20. The average Bonchev–Trinajstić information content (AvgIpc) is 3.27. The number of aliphatic carboxylic acids is 1. The molecule has 0 saturated carbocycles. The maximum Gasteiger partial charge on any atom is 0.305 e. The van der Waals surface area contributed by atoms with Crippen molar-refractivity contribution in [2.45, 2.75) is 19.9 Å². The summed E-state index contributed by atoms with van der Waals surface area (Å²) in [5, 5.41) is 21.9. The minimum Gasteiger partial charge on any atom is -0.481 e. The van der Waals surface area contributed by atoms with Gasteiger partial charge in [-0.3, -0.25) is 24.3 Å². The molecule has 1 amide bonds. The summed E-state index contributed by atoms with van der Waals surface area (Å²) in [6, 6.07) is 1.54. The lowest BCUT2D eigenvalue weighted by atomic mass is 10.2. The fourth-order valence-corrected chi connectivity index (χ4v) is 2.98. The Bertz CT molecular complexity index is 925. The maximum atomic E-state index is 12.4. The number of thiazole rings is 1. The quantitative estimate of drug-likeness (QED) is 0.692. The zero-order valence-corrected chi connectivity index (χ0v) is 14.4. The van der Waals surface area contributed by atoms with Crippen molar-refractivity contribution in [1.82, 2.24) is 24.5 Å². The molecular weight excluding hydrogens is 344 g/mol. The van der Waals surface area contributed by atoms with Crippen LogP contribution < -0.4 is 5.32 Å². The van der Waals surface area contributed by atoms with Gasteiger partial charge in [0.1, 0.15) is 5.69 Å². The summed E-state index contributed by atoms with van der Waals surface area (Å²) in [6.45, 7) is 2.07. The number of nitrogens with one attached hydrogen (secondary N) is 1. The molecule has 130 valence electrons. The minimum absolute atomic E-state index is 0.107. The van der Waals surface area contributed by atoms with Crippen LogP contribution in [0.2, 0.25) is 0 Å². The van der Waals surface area contributed by atoms with Crippen molar-refractivity contribution in [2.75, 3.05) is 5.32 Å². The number of aromatic nitrogens is 5. The van der Waals surface area contributed by atoms with Gasteiger partial charge in [0.15, 0.2) is 5.13 Å². The number of carbonyl (C=O) groups excluding carboxylic acids is 1. The summed E-state index contributed by atoms with van der Waals surface area (Å²) in [5.74, 6) is -1.33. The lowest BCUT2D eigenvalue weighted by Gasteiger charge is -2.05. The van der Waals surface area contributed by atoms with Crippen LogP contribution in [0, 0.1) is 6.92 Å². The highest BCUT2D eigenvalue weighted by atomic mass is 32.1. The van der Waals surface area contributed by atoms with Gasteiger partial charge in [0.05, 0.1) is 24.9 Å². The first-order valence-electron chi connectivity index (χ1n) is 7.45. The Kier molecular flexibility index (Phi) is 4.61. The zero-order chi connectivity index (χ0) is 18.0. The molecule has 3 heterocycles. The highest BCUT2D eigenvalue weighted by Gasteiger charge is 2.16. The molecule has 2 N–H and O–H groups in total. The molecule has 0 fully saturated rings. The normalized spacial score (nSPS) is 10.8. The largest absolute Gasteiger partial charge is 0.481 e. The van der Waals surface area contributed by atoms with E-state index in [9.17, 15) is 9.59 Å². The van der Waals surface area contributed by atoms with Gasteiger partial charge in [0.2, 0.25) is 0 Å². The number of hydrogen-bond acceptors (Lipinski definition) is 6. The van der Waals surface area contributed by atoms with Crippen LogP contribution in [0.25, 0.3) is 11.3 Å². The van der Waals surface area contributed by atoms with E-state index in [-0.39, 0.29) is 24.6 Å². The second-order valence-electron chi connectivity index (χ2n) is 5.34. The van der Waals surface area contributed by atoms with Crippen LogP contribution >= 0.6 is 11.3 Å². The van der Waals surface area contributed by atoms with Gasteiger partial charge in [-0.25, -0.2) is 4.98 Å². The Morgan fingerprint density at radius 3 is 2.84 bits per heavy atom. The van der Waals surface area contributed by atoms with E-state index in [2.05, 4.69) is 20.5 Å². The number of amides is 1. The van der Waals surface area contributed by atoms with Crippen molar-refractivity contribution in [1.29, 1.82) is 0 Å². The van der Waals surface area contributed by atoms with Crippen LogP contribution in [0.15, 0.2) is 23.8 Å². The van der Waals surface area contributed by atoms with Crippen LogP contribution in [0.3, 0.4) is 0 Å². The Morgan fingerprint density at radius 1 is 1.36 bits per heavy atom. The van der Waals surface area contributed by atoms with E-state index in [1.807, 2.05) is 19.4 Å². The SMILES string of the molecule is Cc1c(-c2csc(NC(=O)c3ccnn3CCC(=O)O)n2)cnn1C. The molecule has 0 aromatic carbocycles. The smallest absolute Gasteiger partial charge is 0.305 e. The molecule has 3 aromatic heterocycles. The third kappa shape index (κ3) is 3.58. The van der Waals surface area contributed by atoms with Crippen LogP contribution in [-0.2, 0) is 18.4 Å². The molecule has 25 heavy (non-hydrogen) atoms. The number of carbonyl (C=O) groups is 2. The average molecular weight is 360 g/mol. The Hall–Kier alpha value is -3.01. The lowest BCUT2D eigenvalue weighted by Crippen LogP contribution is -2.18. The van der Waals surface area contributed by atoms with E-state index in [4.69, 9.17) is 5.11 Å². The van der Waals surface area contributed by atoms with Crippen molar-refractivity contribution in [3.05, 3.63) is 35.2 Å². The van der Waals surface area contributed by atoms with Gasteiger partial charge in [-0.1, -0.05) is 0 Å². The number of aryl methyl sites for hydroxylation is 2. The third-order valence-corrected chi connectivity index (χ3v) is 4.48. The van der Waals surface area contributed by atoms with Crippen molar-refractivity contribution < 1.29 is 14.7 Å². The maximum absolute atomic E-state index is 12.4. The number of rotatable bonds is 6. The monoisotopic (exact) mass is 360 g/mol. The summed E-state index contributed by atoms with van der Waals surface area (Å²) in [5.41, 5.74) is 2.92. The fraction of sp³-hybridized carbons (Fsp3) is 0.267. The van der Waals surface area contributed by atoms with Crippen LogP contribution in [-0.4, -0.2) is 41.5 Å². The first kappa shape index (κ1) is 16.8. The predicted molar refractivity (Wildman–Crippen MR) is 91.5 cm³/mol. The number of carboxylic acids is 1.